The van der Waals surface area contributed by atoms with Gasteiger partial charge in [0.15, 0.2) is 0 Å². The molecule has 1 heterocycles. The quantitative estimate of drug-likeness (QED) is 0.692. The van der Waals surface area contributed by atoms with Crippen LogP contribution in [0, 0.1) is 0 Å². The van der Waals surface area contributed by atoms with Crippen molar-refractivity contribution in [1.82, 2.24) is 10.2 Å². The summed E-state index contributed by atoms with van der Waals surface area (Å²) in [5, 5.41) is 2.80. The number of nitrogens with one attached hydrogen (secondary N) is 1. The maximum absolute atomic E-state index is 11.6. The first-order chi connectivity index (χ1) is 6.68. The van der Waals surface area contributed by atoms with E-state index in [-0.39, 0.29) is 5.91 Å². The number of amides is 1. The second-order valence-corrected chi connectivity index (χ2v) is 3.80. The van der Waals surface area contributed by atoms with Gasteiger partial charge in [-0.3, -0.25) is 9.69 Å². The lowest BCUT2D eigenvalue weighted by Crippen LogP contribution is -2.68. The Morgan fingerprint density at radius 3 is 2.29 bits per heavy atom. The van der Waals surface area contributed by atoms with Crippen molar-refractivity contribution in [1.29, 1.82) is 0 Å². The normalized spacial score (nSPS) is 25.8. The van der Waals surface area contributed by atoms with Crippen LogP contribution in [0.15, 0.2) is 30.3 Å². The summed E-state index contributed by atoms with van der Waals surface area (Å²) >= 11 is 0. The fraction of sp³-hybridized carbons (Fsp3) is 0.364. The predicted molar refractivity (Wildman–Crippen MR) is 54.8 cm³/mol. The smallest absolute Gasteiger partial charge is 0.247 e. The van der Waals surface area contributed by atoms with Crippen LogP contribution in [0.25, 0.3) is 0 Å². The molecule has 2 rings (SSSR count). The first-order valence-corrected chi connectivity index (χ1v) is 4.69. The van der Waals surface area contributed by atoms with E-state index in [4.69, 9.17) is 0 Å². The lowest BCUT2D eigenvalue weighted by molar-refractivity contribution is -0.142. The average Bonchev–Trinajstić information content (AvgIpc) is 2.17. The van der Waals surface area contributed by atoms with Crippen LogP contribution in [-0.2, 0) is 10.3 Å². The predicted octanol–water partition coefficient (Wildman–Crippen LogP) is 0.573. The Morgan fingerprint density at radius 1 is 1.29 bits per heavy atom. The lowest BCUT2D eigenvalue weighted by atomic mass is 9.82. The van der Waals surface area contributed by atoms with Crippen molar-refractivity contribution < 1.29 is 4.79 Å². The van der Waals surface area contributed by atoms with Gasteiger partial charge < -0.3 is 5.32 Å². The van der Waals surface area contributed by atoms with E-state index in [1.54, 1.807) is 0 Å². The summed E-state index contributed by atoms with van der Waals surface area (Å²) in [5.74, 6) is 0.0914. The molecule has 0 saturated carbocycles. The van der Waals surface area contributed by atoms with Crippen LogP contribution in [0.3, 0.4) is 0 Å². The Hall–Kier alpha value is -1.35. The number of hydrogen-bond acceptors (Lipinski definition) is 2. The van der Waals surface area contributed by atoms with Crippen LogP contribution < -0.4 is 5.32 Å². The molecule has 0 radical (unpaired) electrons. The molecule has 0 aliphatic carbocycles. The van der Waals surface area contributed by atoms with Gasteiger partial charge in [0.25, 0.3) is 0 Å². The van der Waals surface area contributed by atoms with Gasteiger partial charge >= 0.3 is 0 Å². The number of benzene rings is 1. The van der Waals surface area contributed by atoms with Gasteiger partial charge in [0, 0.05) is 6.54 Å². The van der Waals surface area contributed by atoms with Gasteiger partial charge in [0.2, 0.25) is 5.91 Å². The van der Waals surface area contributed by atoms with Crippen molar-refractivity contribution in [3.8, 4) is 0 Å². The first kappa shape index (κ1) is 9.21. The van der Waals surface area contributed by atoms with Gasteiger partial charge in [-0.2, -0.15) is 0 Å². The molecule has 1 saturated heterocycles. The van der Waals surface area contributed by atoms with Crippen LogP contribution in [0.4, 0.5) is 0 Å². The minimum absolute atomic E-state index is 0.0914. The second kappa shape index (κ2) is 3.10. The zero-order valence-corrected chi connectivity index (χ0v) is 8.45. The number of carbonyl (C=O) groups is 1. The zero-order chi connectivity index (χ0) is 10.2. The maximum atomic E-state index is 11.6. The number of rotatable bonds is 2. The Labute approximate surface area is 83.7 Å². The number of carbonyl (C=O) groups excluding carboxylic acids is 1. The summed E-state index contributed by atoms with van der Waals surface area (Å²) < 4.78 is 0. The molecule has 1 atom stereocenters. The van der Waals surface area contributed by atoms with E-state index < -0.39 is 5.54 Å². The molecular weight excluding hydrogens is 176 g/mol. The molecule has 3 heteroatoms. The third-order valence-corrected chi connectivity index (χ3v) is 2.90. The fourth-order valence-corrected chi connectivity index (χ4v) is 1.89. The second-order valence-electron chi connectivity index (χ2n) is 3.80. The molecular formula is C11H14N2O. The van der Waals surface area contributed by atoms with Crippen molar-refractivity contribution in [2.45, 2.75) is 5.54 Å². The van der Waals surface area contributed by atoms with Crippen LogP contribution in [-0.4, -0.2) is 31.4 Å². The summed E-state index contributed by atoms with van der Waals surface area (Å²) in [6.45, 7) is 0.697. The third-order valence-electron chi connectivity index (χ3n) is 2.90. The first-order valence-electron chi connectivity index (χ1n) is 4.69. The van der Waals surface area contributed by atoms with Gasteiger partial charge in [-0.1, -0.05) is 30.3 Å². The number of likely N-dealkylation sites (N-methyl/N-ethyl adjacent to an activating group) is 1. The Bertz CT molecular complexity index is 348. The van der Waals surface area contributed by atoms with Gasteiger partial charge in [-0.15, -0.1) is 0 Å². The summed E-state index contributed by atoms with van der Waals surface area (Å²) in [7, 11) is 3.87. The Kier molecular flexibility index (Phi) is 2.04. The summed E-state index contributed by atoms with van der Waals surface area (Å²) in [5.41, 5.74) is 0.620. The molecule has 74 valence electrons. The van der Waals surface area contributed by atoms with E-state index in [0.29, 0.717) is 6.54 Å². The van der Waals surface area contributed by atoms with Crippen molar-refractivity contribution >= 4 is 5.91 Å². The van der Waals surface area contributed by atoms with E-state index >= 15 is 0 Å². The van der Waals surface area contributed by atoms with Crippen LogP contribution >= 0.6 is 0 Å². The van der Waals surface area contributed by atoms with E-state index in [0.717, 1.165) is 5.56 Å². The van der Waals surface area contributed by atoms with Crippen molar-refractivity contribution in [3.63, 3.8) is 0 Å². The van der Waals surface area contributed by atoms with Crippen molar-refractivity contribution in [2.75, 3.05) is 20.6 Å². The number of hydrogen-bond donors (Lipinski definition) is 1. The van der Waals surface area contributed by atoms with E-state index in [9.17, 15) is 4.79 Å². The van der Waals surface area contributed by atoms with Crippen molar-refractivity contribution in [3.05, 3.63) is 35.9 Å². The highest BCUT2D eigenvalue weighted by molar-refractivity contribution is 5.93. The summed E-state index contributed by atoms with van der Waals surface area (Å²) in [6.07, 6.45) is 0. The largest absolute Gasteiger partial charge is 0.351 e. The number of nitrogens with zero attached hydrogens (tertiary/aromatic N) is 1. The summed E-state index contributed by atoms with van der Waals surface area (Å²) in [4.78, 5) is 13.6. The summed E-state index contributed by atoms with van der Waals surface area (Å²) in [6, 6.07) is 9.89. The molecule has 1 amide bonds. The highest BCUT2D eigenvalue weighted by Gasteiger charge is 2.49. The van der Waals surface area contributed by atoms with Crippen LogP contribution in [0.1, 0.15) is 5.56 Å². The molecule has 1 fully saturated rings. The number of β-lactam (4-membered cyclic amide) rings is 1. The fourth-order valence-electron chi connectivity index (χ4n) is 1.89. The molecule has 3 nitrogen and oxygen atoms in total. The van der Waals surface area contributed by atoms with E-state index in [1.807, 2.05) is 49.3 Å². The Balaban J connectivity index is 2.43. The average molecular weight is 190 g/mol. The highest BCUT2D eigenvalue weighted by atomic mass is 16.2. The molecule has 0 spiro atoms. The zero-order valence-electron chi connectivity index (χ0n) is 8.45. The van der Waals surface area contributed by atoms with Gasteiger partial charge in [0.05, 0.1) is 0 Å². The standard InChI is InChI=1S/C11H14N2O/c1-13(2)11(8-12-10(11)14)9-6-4-3-5-7-9/h3-7H,8H2,1-2H3,(H,12,14). The lowest BCUT2D eigenvalue weighted by Gasteiger charge is -2.46. The van der Waals surface area contributed by atoms with Crippen molar-refractivity contribution in [2.24, 2.45) is 0 Å². The molecule has 1 N–H and O–H groups in total. The molecule has 1 aliphatic heterocycles. The molecule has 0 bridgehead atoms. The molecule has 14 heavy (non-hydrogen) atoms. The monoisotopic (exact) mass is 190 g/mol. The molecule has 1 aromatic carbocycles. The highest BCUT2D eigenvalue weighted by Crippen LogP contribution is 2.31. The minimum atomic E-state index is -0.443. The van der Waals surface area contributed by atoms with E-state index in [1.165, 1.54) is 0 Å². The van der Waals surface area contributed by atoms with Crippen LogP contribution in [0.2, 0.25) is 0 Å². The Morgan fingerprint density at radius 2 is 1.93 bits per heavy atom. The molecule has 1 unspecified atom stereocenters. The molecule has 0 aromatic heterocycles. The van der Waals surface area contributed by atoms with Crippen LogP contribution in [0.5, 0.6) is 0 Å². The third kappa shape index (κ3) is 1.06. The van der Waals surface area contributed by atoms with E-state index in [2.05, 4.69) is 5.32 Å². The minimum Gasteiger partial charge on any atom is -0.351 e. The maximum Gasteiger partial charge on any atom is 0.247 e. The van der Waals surface area contributed by atoms with Gasteiger partial charge in [-0.05, 0) is 19.7 Å². The molecule has 1 aliphatic rings. The van der Waals surface area contributed by atoms with Gasteiger partial charge in [0.1, 0.15) is 5.54 Å². The topological polar surface area (TPSA) is 32.3 Å². The van der Waals surface area contributed by atoms with Gasteiger partial charge in [-0.25, -0.2) is 0 Å². The molecule has 1 aromatic rings. The SMILES string of the molecule is CN(C)C1(c2ccccc2)CNC1=O.